The van der Waals surface area contributed by atoms with Crippen LogP contribution in [-0.2, 0) is 5.54 Å². The van der Waals surface area contributed by atoms with Gasteiger partial charge in [-0.1, -0.05) is 23.7 Å². The summed E-state index contributed by atoms with van der Waals surface area (Å²) in [4.78, 5) is 5.12. The predicted molar refractivity (Wildman–Crippen MR) is 69.2 cm³/mol. The van der Waals surface area contributed by atoms with Crippen LogP contribution < -0.4 is 5.73 Å². The van der Waals surface area contributed by atoms with Crippen LogP contribution in [0, 0.1) is 6.92 Å². The molecule has 92 valence electrons. The van der Waals surface area contributed by atoms with Crippen LogP contribution in [0.15, 0.2) is 9.90 Å². The zero-order valence-electron chi connectivity index (χ0n) is 9.95. The fourth-order valence-electron chi connectivity index (χ4n) is 1.28. The minimum absolute atomic E-state index is 0.438. The van der Waals surface area contributed by atoms with Crippen LogP contribution in [0.3, 0.4) is 0 Å². The highest BCUT2D eigenvalue weighted by molar-refractivity contribution is 7.14. The van der Waals surface area contributed by atoms with Gasteiger partial charge in [-0.25, -0.2) is 0 Å². The monoisotopic (exact) mass is 271 g/mol. The molecule has 0 aliphatic rings. The molecule has 1 atom stereocenters. The van der Waals surface area contributed by atoms with Gasteiger partial charge < -0.3 is 10.3 Å². The van der Waals surface area contributed by atoms with Crippen LogP contribution in [-0.4, -0.2) is 10.1 Å². The number of nitrogens with two attached hydrogens (primary N) is 1. The fourth-order valence-corrected chi connectivity index (χ4v) is 2.47. The molecule has 0 fully saturated rings. The molecule has 17 heavy (non-hydrogen) atoms. The van der Waals surface area contributed by atoms with Gasteiger partial charge in [0.15, 0.2) is 5.82 Å². The Kier molecular flexibility index (Phi) is 3.25. The molecule has 4 nitrogen and oxygen atoms in total. The smallest absolute Gasteiger partial charge is 0.269 e. The van der Waals surface area contributed by atoms with Gasteiger partial charge >= 0.3 is 0 Å². The molecular formula is C11H14ClN3OS. The van der Waals surface area contributed by atoms with E-state index in [1.807, 2.05) is 26.2 Å². The highest BCUT2D eigenvalue weighted by Crippen LogP contribution is 2.36. The van der Waals surface area contributed by atoms with Crippen LogP contribution in [0.2, 0.25) is 5.02 Å². The Morgan fingerprint density at radius 1 is 1.59 bits per heavy atom. The highest BCUT2D eigenvalue weighted by Gasteiger charge is 2.26. The normalized spacial score (nSPS) is 14.9. The number of thiophene rings is 1. The van der Waals surface area contributed by atoms with E-state index in [4.69, 9.17) is 21.9 Å². The first-order valence-electron chi connectivity index (χ1n) is 5.32. The summed E-state index contributed by atoms with van der Waals surface area (Å²) >= 11 is 7.64. The molecule has 6 heteroatoms. The van der Waals surface area contributed by atoms with Gasteiger partial charge in [0, 0.05) is 0 Å². The Hall–Kier alpha value is -0.910. The Bertz CT molecular complexity index is 533. The fraction of sp³-hybridized carbons (Fsp3) is 0.455. The molecule has 0 saturated heterocycles. The summed E-state index contributed by atoms with van der Waals surface area (Å²) in [7, 11) is 0. The van der Waals surface area contributed by atoms with Crippen LogP contribution in [0.1, 0.15) is 31.7 Å². The van der Waals surface area contributed by atoms with Gasteiger partial charge in [-0.2, -0.15) is 4.98 Å². The van der Waals surface area contributed by atoms with E-state index >= 15 is 0 Å². The van der Waals surface area contributed by atoms with E-state index < -0.39 is 5.54 Å². The van der Waals surface area contributed by atoms with Crippen LogP contribution in [0.5, 0.6) is 0 Å². The third-order valence-corrected chi connectivity index (χ3v) is 4.45. The van der Waals surface area contributed by atoms with Gasteiger partial charge in [-0.15, -0.1) is 11.3 Å². The maximum atomic E-state index is 6.15. The molecule has 2 aromatic heterocycles. The number of aromatic nitrogens is 2. The third kappa shape index (κ3) is 2.22. The molecule has 0 amide bonds. The third-order valence-electron chi connectivity index (χ3n) is 2.76. The number of halogens is 1. The average Bonchev–Trinajstić information content (AvgIpc) is 2.88. The van der Waals surface area contributed by atoms with Crippen molar-refractivity contribution < 1.29 is 4.52 Å². The second-order valence-corrected chi connectivity index (χ2v) is 5.51. The lowest BCUT2D eigenvalue weighted by Crippen LogP contribution is -2.33. The van der Waals surface area contributed by atoms with Gasteiger partial charge in [0.05, 0.1) is 10.6 Å². The molecule has 0 aromatic carbocycles. The predicted octanol–water partition coefficient (Wildman–Crippen LogP) is 3.34. The number of nitrogens with zero attached hydrogens (tertiary/aromatic N) is 2. The van der Waals surface area contributed by atoms with Crippen molar-refractivity contribution in [3.8, 4) is 10.8 Å². The molecule has 2 aromatic rings. The molecule has 0 saturated carbocycles. The van der Waals surface area contributed by atoms with Crippen LogP contribution in [0.4, 0.5) is 0 Å². The SMILES string of the molecule is CCC(C)(N)c1noc(-c2scc(C)c2Cl)n1. The number of rotatable bonds is 3. The van der Waals surface area contributed by atoms with E-state index in [-0.39, 0.29) is 0 Å². The highest BCUT2D eigenvalue weighted by atomic mass is 35.5. The molecule has 0 spiro atoms. The number of aryl methyl sites for hydroxylation is 1. The Morgan fingerprint density at radius 3 is 2.82 bits per heavy atom. The number of hydrogen-bond acceptors (Lipinski definition) is 5. The van der Waals surface area contributed by atoms with Crippen molar-refractivity contribution in [3.05, 3.63) is 21.8 Å². The van der Waals surface area contributed by atoms with Crippen LogP contribution >= 0.6 is 22.9 Å². The van der Waals surface area contributed by atoms with Crippen molar-refractivity contribution in [1.82, 2.24) is 10.1 Å². The first kappa shape index (κ1) is 12.5. The van der Waals surface area contributed by atoms with E-state index in [0.29, 0.717) is 16.7 Å². The lowest BCUT2D eigenvalue weighted by Gasteiger charge is -2.16. The van der Waals surface area contributed by atoms with E-state index in [0.717, 1.165) is 16.9 Å². The first-order valence-corrected chi connectivity index (χ1v) is 6.58. The number of hydrogen-bond donors (Lipinski definition) is 1. The van der Waals surface area contributed by atoms with Gasteiger partial charge in [0.25, 0.3) is 5.89 Å². The van der Waals surface area contributed by atoms with Crippen molar-refractivity contribution in [2.45, 2.75) is 32.7 Å². The van der Waals surface area contributed by atoms with E-state index in [1.165, 1.54) is 11.3 Å². The summed E-state index contributed by atoms with van der Waals surface area (Å²) in [5.74, 6) is 0.949. The quantitative estimate of drug-likeness (QED) is 0.930. The van der Waals surface area contributed by atoms with Crippen molar-refractivity contribution in [3.63, 3.8) is 0 Å². The van der Waals surface area contributed by atoms with Gasteiger partial charge in [-0.05, 0) is 31.2 Å². The van der Waals surface area contributed by atoms with Crippen molar-refractivity contribution >= 4 is 22.9 Å². The minimum atomic E-state index is -0.569. The van der Waals surface area contributed by atoms with Crippen molar-refractivity contribution in [2.75, 3.05) is 0 Å². The molecule has 2 heterocycles. The van der Waals surface area contributed by atoms with E-state index in [2.05, 4.69) is 10.1 Å². The molecule has 1 unspecified atom stereocenters. The molecule has 2 N–H and O–H groups in total. The Balaban J connectivity index is 2.40. The molecule has 2 rings (SSSR count). The largest absolute Gasteiger partial charge is 0.333 e. The molecule has 0 aliphatic carbocycles. The summed E-state index contributed by atoms with van der Waals surface area (Å²) in [5, 5.41) is 6.55. The van der Waals surface area contributed by atoms with E-state index in [1.54, 1.807) is 0 Å². The lowest BCUT2D eigenvalue weighted by molar-refractivity contribution is 0.379. The molecule has 0 aliphatic heterocycles. The standard InChI is InChI=1S/C11H14ClN3OS/c1-4-11(3,13)10-14-9(16-15-10)8-7(12)6(2)5-17-8/h5H,4,13H2,1-3H3. The zero-order chi connectivity index (χ0) is 12.6. The Labute approximate surface area is 109 Å². The summed E-state index contributed by atoms with van der Waals surface area (Å²) in [6.07, 6.45) is 0.739. The van der Waals surface area contributed by atoms with Crippen molar-refractivity contribution in [1.29, 1.82) is 0 Å². The summed E-state index contributed by atoms with van der Waals surface area (Å²) in [6, 6.07) is 0. The van der Waals surface area contributed by atoms with Gasteiger partial charge in [0.2, 0.25) is 0 Å². The molecular weight excluding hydrogens is 258 g/mol. The van der Waals surface area contributed by atoms with Crippen LogP contribution in [0.25, 0.3) is 10.8 Å². The van der Waals surface area contributed by atoms with Gasteiger partial charge in [0.1, 0.15) is 4.88 Å². The average molecular weight is 272 g/mol. The summed E-state index contributed by atoms with van der Waals surface area (Å²) in [5.41, 5.74) is 6.50. The molecule has 0 bridgehead atoms. The first-order chi connectivity index (χ1) is 7.95. The zero-order valence-corrected chi connectivity index (χ0v) is 11.5. The second kappa shape index (κ2) is 4.40. The Morgan fingerprint density at radius 2 is 2.29 bits per heavy atom. The van der Waals surface area contributed by atoms with Gasteiger partial charge in [-0.3, -0.25) is 0 Å². The maximum Gasteiger partial charge on any atom is 0.269 e. The second-order valence-electron chi connectivity index (χ2n) is 4.26. The summed E-state index contributed by atoms with van der Waals surface area (Å²) in [6.45, 7) is 5.81. The minimum Gasteiger partial charge on any atom is -0.333 e. The topological polar surface area (TPSA) is 64.9 Å². The van der Waals surface area contributed by atoms with Crippen molar-refractivity contribution in [2.24, 2.45) is 5.73 Å². The summed E-state index contributed by atoms with van der Waals surface area (Å²) < 4.78 is 5.22. The lowest BCUT2D eigenvalue weighted by atomic mass is 10.0. The molecule has 0 radical (unpaired) electrons. The van der Waals surface area contributed by atoms with E-state index in [9.17, 15) is 0 Å². The maximum absolute atomic E-state index is 6.15.